The van der Waals surface area contributed by atoms with E-state index in [1.54, 1.807) is 4.88 Å². The van der Waals surface area contributed by atoms with Gasteiger partial charge in [0.05, 0.1) is 9.40 Å². The summed E-state index contributed by atoms with van der Waals surface area (Å²) in [5, 5.41) is 2.93. The SMILES string of the molecule is CCCCCCc1cc2sc3cc4c(cc3c2s1)sc1cc(CCCOCCC)sc14. The molecule has 5 aromatic rings. The molecule has 0 atom stereocenters. The minimum Gasteiger partial charge on any atom is -0.381 e. The Morgan fingerprint density at radius 1 is 0.581 bits per heavy atom. The molecule has 0 aliphatic rings. The van der Waals surface area contributed by atoms with Crippen molar-refractivity contribution < 1.29 is 4.74 Å². The number of unbranched alkanes of at least 4 members (excludes halogenated alkanes) is 3. The summed E-state index contributed by atoms with van der Waals surface area (Å²) < 4.78 is 14.5. The number of benzene rings is 1. The van der Waals surface area contributed by atoms with Crippen molar-refractivity contribution in [1.82, 2.24) is 0 Å². The summed E-state index contributed by atoms with van der Waals surface area (Å²) in [6, 6.07) is 9.82. The lowest BCUT2D eigenvalue weighted by atomic mass is 10.1. The van der Waals surface area contributed by atoms with Crippen LogP contribution in [0.4, 0.5) is 0 Å². The summed E-state index contributed by atoms with van der Waals surface area (Å²) in [6.45, 7) is 6.22. The zero-order valence-electron chi connectivity index (χ0n) is 18.4. The average molecular weight is 487 g/mol. The average Bonchev–Trinajstić information content (AvgIpc) is 3.49. The minimum atomic E-state index is 0.882. The normalized spacial score (nSPS) is 12.3. The predicted octanol–water partition coefficient (Wildman–Crippen LogP) is 10.0. The Kier molecular flexibility index (Phi) is 6.96. The van der Waals surface area contributed by atoms with Gasteiger partial charge in [0.15, 0.2) is 0 Å². The first kappa shape index (κ1) is 21.8. The van der Waals surface area contributed by atoms with Gasteiger partial charge in [-0.05, 0) is 56.4 Å². The molecule has 4 aromatic heterocycles. The molecule has 0 unspecified atom stereocenters. The summed E-state index contributed by atoms with van der Waals surface area (Å²) in [5.41, 5.74) is 0. The van der Waals surface area contributed by atoms with E-state index in [1.165, 1.54) is 76.0 Å². The van der Waals surface area contributed by atoms with Gasteiger partial charge in [0.25, 0.3) is 0 Å². The van der Waals surface area contributed by atoms with Crippen LogP contribution < -0.4 is 0 Å². The van der Waals surface area contributed by atoms with Crippen molar-refractivity contribution in [3.05, 3.63) is 34.0 Å². The van der Waals surface area contributed by atoms with Crippen LogP contribution in [0, 0.1) is 0 Å². The van der Waals surface area contributed by atoms with Crippen LogP contribution in [-0.2, 0) is 17.6 Å². The third-order valence-corrected chi connectivity index (χ3v) is 10.8. The predicted molar refractivity (Wildman–Crippen MR) is 145 cm³/mol. The first-order valence-electron chi connectivity index (χ1n) is 11.6. The summed E-state index contributed by atoms with van der Waals surface area (Å²) >= 11 is 7.98. The fourth-order valence-electron chi connectivity index (χ4n) is 4.26. The molecular formula is C26H30OS4. The van der Waals surface area contributed by atoms with Crippen molar-refractivity contribution in [3.63, 3.8) is 0 Å². The van der Waals surface area contributed by atoms with Crippen molar-refractivity contribution in [2.24, 2.45) is 0 Å². The molecule has 31 heavy (non-hydrogen) atoms. The van der Waals surface area contributed by atoms with E-state index < -0.39 is 0 Å². The van der Waals surface area contributed by atoms with E-state index >= 15 is 0 Å². The highest BCUT2D eigenvalue weighted by Gasteiger charge is 2.15. The molecule has 4 heterocycles. The molecule has 5 heteroatoms. The fourth-order valence-corrected chi connectivity index (χ4v) is 9.46. The lowest BCUT2D eigenvalue weighted by Crippen LogP contribution is -1.96. The monoisotopic (exact) mass is 486 g/mol. The van der Waals surface area contributed by atoms with Crippen LogP contribution in [0.3, 0.4) is 0 Å². The van der Waals surface area contributed by atoms with Gasteiger partial charge in [-0.1, -0.05) is 33.1 Å². The number of hydrogen-bond donors (Lipinski definition) is 0. The van der Waals surface area contributed by atoms with Gasteiger partial charge in [-0.2, -0.15) is 0 Å². The Balaban J connectivity index is 1.38. The number of ether oxygens (including phenoxy) is 1. The second-order valence-electron chi connectivity index (χ2n) is 8.39. The summed E-state index contributed by atoms with van der Waals surface area (Å²) in [7, 11) is 0. The van der Waals surface area contributed by atoms with Gasteiger partial charge in [-0.25, -0.2) is 0 Å². The summed E-state index contributed by atoms with van der Waals surface area (Å²) in [4.78, 5) is 3.07. The molecule has 0 fully saturated rings. The van der Waals surface area contributed by atoms with Crippen LogP contribution >= 0.6 is 45.3 Å². The molecule has 164 valence electrons. The third-order valence-electron chi connectivity index (χ3n) is 5.85. The van der Waals surface area contributed by atoms with Crippen LogP contribution in [0.1, 0.15) is 62.1 Å². The zero-order chi connectivity index (χ0) is 21.2. The first-order chi connectivity index (χ1) is 15.3. The molecule has 0 bridgehead atoms. The molecule has 1 aromatic carbocycles. The molecule has 0 amide bonds. The lowest BCUT2D eigenvalue weighted by Gasteiger charge is -2.00. The highest BCUT2D eigenvalue weighted by molar-refractivity contribution is 7.34. The van der Waals surface area contributed by atoms with Crippen LogP contribution in [-0.4, -0.2) is 13.2 Å². The maximum absolute atomic E-state index is 5.65. The smallest absolute Gasteiger partial charge is 0.0532 e. The molecule has 0 saturated heterocycles. The van der Waals surface area contributed by atoms with Crippen molar-refractivity contribution in [1.29, 1.82) is 0 Å². The van der Waals surface area contributed by atoms with Crippen molar-refractivity contribution >= 4 is 84.3 Å². The van der Waals surface area contributed by atoms with E-state index in [0.717, 1.165) is 32.5 Å². The second kappa shape index (κ2) is 9.88. The van der Waals surface area contributed by atoms with Crippen molar-refractivity contribution in [3.8, 4) is 0 Å². The maximum Gasteiger partial charge on any atom is 0.0532 e. The Morgan fingerprint density at radius 3 is 1.77 bits per heavy atom. The molecule has 0 N–H and O–H groups in total. The summed E-state index contributed by atoms with van der Waals surface area (Å²) in [5.74, 6) is 0. The molecule has 0 saturated carbocycles. The van der Waals surface area contributed by atoms with Crippen LogP contribution in [0.2, 0.25) is 0 Å². The fraction of sp³-hybridized carbons (Fsp3) is 0.462. The number of fused-ring (bicyclic) bond motifs is 6. The summed E-state index contributed by atoms with van der Waals surface area (Å²) in [6.07, 6.45) is 9.99. The van der Waals surface area contributed by atoms with Crippen LogP contribution in [0.25, 0.3) is 39.0 Å². The van der Waals surface area contributed by atoms with E-state index in [4.69, 9.17) is 4.74 Å². The maximum atomic E-state index is 5.65. The number of thiophene rings is 4. The Morgan fingerprint density at radius 2 is 1.19 bits per heavy atom. The quantitative estimate of drug-likeness (QED) is 0.169. The van der Waals surface area contributed by atoms with Gasteiger partial charge in [0.1, 0.15) is 0 Å². The molecule has 0 spiro atoms. The molecule has 0 radical (unpaired) electrons. The largest absolute Gasteiger partial charge is 0.381 e. The van der Waals surface area contributed by atoms with Gasteiger partial charge in [-0.3, -0.25) is 0 Å². The lowest BCUT2D eigenvalue weighted by molar-refractivity contribution is 0.133. The number of rotatable bonds is 11. The molecule has 5 rings (SSSR count). The van der Waals surface area contributed by atoms with Gasteiger partial charge in [0.2, 0.25) is 0 Å². The van der Waals surface area contributed by atoms with E-state index in [0.29, 0.717) is 0 Å². The highest BCUT2D eigenvalue weighted by Crippen LogP contribution is 2.46. The third kappa shape index (κ3) is 4.58. The van der Waals surface area contributed by atoms with Gasteiger partial charge in [-0.15, -0.1) is 45.3 Å². The van der Waals surface area contributed by atoms with E-state index in [9.17, 15) is 0 Å². The number of aryl methyl sites for hydroxylation is 2. The van der Waals surface area contributed by atoms with E-state index in [1.807, 2.05) is 45.3 Å². The highest BCUT2D eigenvalue weighted by atomic mass is 32.1. The zero-order valence-corrected chi connectivity index (χ0v) is 21.7. The van der Waals surface area contributed by atoms with Gasteiger partial charge < -0.3 is 4.74 Å². The Bertz CT molecular complexity index is 1300. The van der Waals surface area contributed by atoms with Crippen LogP contribution in [0.15, 0.2) is 24.3 Å². The van der Waals surface area contributed by atoms with Crippen molar-refractivity contribution in [2.45, 2.75) is 65.2 Å². The first-order valence-corrected chi connectivity index (χ1v) is 14.9. The standard InChI is InChI=1S/C26H30OS4/c1-3-5-6-7-9-17-13-23-25(28-17)19-15-22-20(16-21(19)30-23)26-24(31-22)14-18(29-26)10-8-12-27-11-4-2/h13-16H,3-12H2,1-2H3. The molecule has 0 aliphatic heterocycles. The van der Waals surface area contributed by atoms with Gasteiger partial charge in [0, 0.05) is 52.5 Å². The van der Waals surface area contributed by atoms with E-state index in [2.05, 4.69) is 38.1 Å². The van der Waals surface area contributed by atoms with Gasteiger partial charge >= 0.3 is 0 Å². The molecule has 0 aliphatic carbocycles. The van der Waals surface area contributed by atoms with E-state index in [-0.39, 0.29) is 0 Å². The van der Waals surface area contributed by atoms with Crippen LogP contribution in [0.5, 0.6) is 0 Å². The number of hydrogen-bond acceptors (Lipinski definition) is 5. The Labute approximate surface area is 200 Å². The molecular weight excluding hydrogens is 457 g/mol. The second-order valence-corrected chi connectivity index (χ2v) is 12.8. The minimum absolute atomic E-state index is 0.882. The molecule has 1 nitrogen and oxygen atoms in total. The van der Waals surface area contributed by atoms with Crippen molar-refractivity contribution in [2.75, 3.05) is 13.2 Å². The Hall–Kier alpha value is -0.980. The topological polar surface area (TPSA) is 9.23 Å².